The lowest BCUT2D eigenvalue weighted by molar-refractivity contribution is 0.527. The number of nitrogens with zero attached hydrogens (tertiary/aromatic N) is 2. The Bertz CT molecular complexity index is 621. The van der Waals surface area contributed by atoms with Gasteiger partial charge in [0, 0.05) is 18.7 Å². The second kappa shape index (κ2) is 4.99. The average Bonchev–Trinajstić information content (AvgIpc) is 2.81. The zero-order valence-electron chi connectivity index (χ0n) is 12.4. The van der Waals surface area contributed by atoms with E-state index in [1.807, 2.05) is 26.8 Å². The molecule has 1 aromatic heterocycles. The van der Waals surface area contributed by atoms with Crippen molar-refractivity contribution in [3.05, 3.63) is 23.5 Å². The van der Waals surface area contributed by atoms with E-state index in [4.69, 9.17) is 4.98 Å². The summed E-state index contributed by atoms with van der Waals surface area (Å²) < 4.78 is 15.3. The summed E-state index contributed by atoms with van der Waals surface area (Å²) in [6.45, 7) is 8.29. The van der Waals surface area contributed by atoms with Crippen LogP contribution in [0.4, 0.5) is 9.52 Å². The van der Waals surface area contributed by atoms with Gasteiger partial charge >= 0.3 is 0 Å². The number of piperidine rings is 1. The minimum absolute atomic E-state index is 0.138. The second-order valence-corrected chi connectivity index (χ2v) is 7.57. The topological polar surface area (TPSA) is 16.1 Å². The predicted octanol–water partition coefficient (Wildman–Crippen LogP) is 4.72. The molecule has 2 nitrogen and oxygen atoms in total. The van der Waals surface area contributed by atoms with Crippen LogP contribution < -0.4 is 4.90 Å². The lowest BCUT2D eigenvalue weighted by Gasteiger charge is -2.25. The minimum atomic E-state index is -0.225. The van der Waals surface area contributed by atoms with Crippen molar-refractivity contribution in [3.8, 4) is 0 Å². The van der Waals surface area contributed by atoms with Crippen LogP contribution in [0.25, 0.3) is 10.2 Å². The summed E-state index contributed by atoms with van der Waals surface area (Å²) in [6, 6.07) is 3.45. The Morgan fingerprint density at radius 1 is 1.15 bits per heavy atom. The number of aromatic nitrogens is 1. The molecule has 0 N–H and O–H groups in total. The van der Waals surface area contributed by atoms with Gasteiger partial charge in [0.25, 0.3) is 0 Å². The summed E-state index contributed by atoms with van der Waals surface area (Å²) in [5.41, 5.74) is 1.37. The van der Waals surface area contributed by atoms with Crippen molar-refractivity contribution in [2.24, 2.45) is 0 Å². The lowest BCUT2D eigenvalue weighted by atomic mass is 9.86. The van der Waals surface area contributed by atoms with E-state index in [2.05, 4.69) is 4.90 Å². The van der Waals surface area contributed by atoms with Crippen LogP contribution in [0.3, 0.4) is 0 Å². The highest BCUT2D eigenvalue weighted by atomic mass is 32.1. The Labute approximate surface area is 123 Å². The van der Waals surface area contributed by atoms with Crippen LogP contribution in [0, 0.1) is 5.82 Å². The number of fused-ring (bicyclic) bond motifs is 1. The summed E-state index contributed by atoms with van der Waals surface area (Å²) in [5, 5.41) is 1.05. The monoisotopic (exact) mass is 292 g/mol. The Morgan fingerprint density at radius 2 is 1.85 bits per heavy atom. The molecule has 0 aliphatic carbocycles. The molecule has 20 heavy (non-hydrogen) atoms. The number of anilines is 1. The number of hydrogen-bond acceptors (Lipinski definition) is 3. The van der Waals surface area contributed by atoms with Gasteiger partial charge < -0.3 is 4.90 Å². The Morgan fingerprint density at radius 3 is 2.50 bits per heavy atom. The molecule has 2 heterocycles. The van der Waals surface area contributed by atoms with Crippen molar-refractivity contribution in [1.29, 1.82) is 0 Å². The third-order valence-corrected chi connectivity index (χ3v) is 4.96. The van der Waals surface area contributed by atoms with Crippen molar-refractivity contribution in [2.45, 2.75) is 45.4 Å². The zero-order chi connectivity index (χ0) is 14.3. The van der Waals surface area contributed by atoms with Gasteiger partial charge in [-0.1, -0.05) is 32.1 Å². The molecule has 4 heteroatoms. The summed E-state index contributed by atoms with van der Waals surface area (Å²) in [6.07, 6.45) is 3.77. The number of benzene rings is 1. The van der Waals surface area contributed by atoms with Crippen LogP contribution in [0.5, 0.6) is 0 Å². The molecule has 1 aliphatic heterocycles. The minimum Gasteiger partial charge on any atom is -0.348 e. The van der Waals surface area contributed by atoms with Gasteiger partial charge in [0.1, 0.15) is 5.82 Å². The van der Waals surface area contributed by atoms with Crippen LogP contribution in [-0.2, 0) is 5.41 Å². The van der Waals surface area contributed by atoms with Gasteiger partial charge in [0.2, 0.25) is 0 Å². The first-order valence-corrected chi connectivity index (χ1v) is 8.13. The first-order valence-electron chi connectivity index (χ1n) is 7.31. The molecule has 0 bridgehead atoms. The fraction of sp³-hybridized carbons (Fsp3) is 0.562. The van der Waals surface area contributed by atoms with Gasteiger partial charge in [0.15, 0.2) is 5.13 Å². The molecule has 0 spiro atoms. The molecule has 0 atom stereocenters. The SMILES string of the molecule is CC(C)(C)c1c(F)ccc2sc(N3CCCCC3)nc12. The fourth-order valence-corrected chi connectivity index (χ4v) is 3.92. The molecule has 1 aromatic carbocycles. The Hall–Kier alpha value is -1.16. The van der Waals surface area contributed by atoms with Gasteiger partial charge in [-0.15, -0.1) is 0 Å². The number of thiazole rings is 1. The van der Waals surface area contributed by atoms with Crippen molar-refractivity contribution in [1.82, 2.24) is 4.98 Å². The summed E-state index contributed by atoms with van der Waals surface area (Å²) >= 11 is 1.69. The molecule has 1 saturated heterocycles. The summed E-state index contributed by atoms with van der Waals surface area (Å²) in [5.74, 6) is -0.138. The van der Waals surface area contributed by atoms with Crippen molar-refractivity contribution < 1.29 is 4.39 Å². The van der Waals surface area contributed by atoms with Crippen molar-refractivity contribution >= 4 is 26.7 Å². The van der Waals surface area contributed by atoms with E-state index < -0.39 is 0 Å². The van der Waals surface area contributed by atoms with Gasteiger partial charge in [0.05, 0.1) is 10.2 Å². The quantitative estimate of drug-likeness (QED) is 0.756. The van der Waals surface area contributed by atoms with E-state index in [-0.39, 0.29) is 11.2 Å². The van der Waals surface area contributed by atoms with Crippen LogP contribution in [0.1, 0.15) is 45.6 Å². The highest BCUT2D eigenvalue weighted by Crippen LogP contribution is 2.37. The molecular weight excluding hydrogens is 271 g/mol. The molecule has 0 unspecified atom stereocenters. The molecule has 0 saturated carbocycles. The number of rotatable bonds is 1. The third kappa shape index (κ3) is 2.41. The summed E-state index contributed by atoms with van der Waals surface area (Å²) in [7, 11) is 0. The molecule has 1 fully saturated rings. The standard InChI is InChI=1S/C16H21FN2S/c1-16(2,3)13-11(17)7-8-12-14(13)18-15(20-12)19-9-5-4-6-10-19/h7-8H,4-6,9-10H2,1-3H3. The fourth-order valence-electron chi connectivity index (χ4n) is 2.89. The predicted molar refractivity (Wildman–Crippen MR) is 84.3 cm³/mol. The largest absolute Gasteiger partial charge is 0.348 e. The van der Waals surface area contributed by atoms with Gasteiger partial charge in [-0.3, -0.25) is 0 Å². The first kappa shape index (κ1) is 13.8. The van der Waals surface area contributed by atoms with Gasteiger partial charge in [-0.25, -0.2) is 9.37 Å². The highest BCUT2D eigenvalue weighted by Gasteiger charge is 2.25. The average molecular weight is 292 g/mol. The number of hydrogen-bond donors (Lipinski definition) is 0. The Kier molecular flexibility index (Phi) is 3.44. The van der Waals surface area contributed by atoms with E-state index in [1.165, 1.54) is 19.3 Å². The van der Waals surface area contributed by atoms with Crippen molar-refractivity contribution in [2.75, 3.05) is 18.0 Å². The van der Waals surface area contributed by atoms with Crippen LogP contribution in [0.2, 0.25) is 0 Å². The zero-order valence-corrected chi connectivity index (χ0v) is 13.2. The van der Waals surface area contributed by atoms with E-state index in [0.717, 1.165) is 34.0 Å². The molecular formula is C16H21FN2S. The highest BCUT2D eigenvalue weighted by molar-refractivity contribution is 7.22. The van der Waals surface area contributed by atoms with Gasteiger partial charge in [-0.2, -0.15) is 0 Å². The molecule has 0 amide bonds. The van der Waals surface area contributed by atoms with E-state index in [0.29, 0.717) is 0 Å². The molecule has 1 aliphatic rings. The third-order valence-electron chi connectivity index (χ3n) is 3.88. The molecule has 0 radical (unpaired) electrons. The van der Waals surface area contributed by atoms with Crippen LogP contribution in [0.15, 0.2) is 12.1 Å². The molecule has 3 rings (SSSR count). The van der Waals surface area contributed by atoms with Crippen LogP contribution >= 0.6 is 11.3 Å². The normalized spacial score (nSPS) is 16.9. The maximum Gasteiger partial charge on any atom is 0.186 e. The lowest BCUT2D eigenvalue weighted by Crippen LogP contribution is -2.29. The van der Waals surface area contributed by atoms with E-state index in [9.17, 15) is 4.39 Å². The maximum absolute atomic E-state index is 14.2. The second-order valence-electron chi connectivity index (χ2n) is 6.56. The van der Waals surface area contributed by atoms with E-state index in [1.54, 1.807) is 17.4 Å². The molecule has 2 aromatic rings. The van der Waals surface area contributed by atoms with Gasteiger partial charge in [-0.05, 0) is 36.8 Å². The Balaban J connectivity index is 2.11. The summed E-state index contributed by atoms with van der Waals surface area (Å²) in [4.78, 5) is 7.11. The van der Waals surface area contributed by atoms with Crippen LogP contribution in [-0.4, -0.2) is 18.1 Å². The molecule has 108 valence electrons. The van der Waals surface area contributed by atoms with Crippen molar-refractivity contribution in [3.63, 3.8) is 0 Å². The maximum atomic E-state index is 14.2. The first-order chi connectivity index (χ1) is 9.47. The number of halogens is 1. The van der Waals surface area contributed by atoms with E-state index >= 15 is 0 Å². The smallest absolute Gasteiger partial charge is 0.186 e.